The van der Waals surface area contributed by atoms with Crippen LogP contribution in [0, 0.1) is 5.92 Å². The highest BCUT2D eigenvalue weighted by Gasteiger charge is 2.38. The van der Waals surface area contributed by atoms with E-state index < -0.39 is 5.92 Å². The number of amides is 2. The number of carbonyl (C=O) groups is 2. The number of hydrogen-bond acceptors (Lipinski definition) is 5. The van der Waals surface area contributed by atoms with Crippen molar-refractivity contribution >= 4 is 35.6 Å². The minimum absolute atomic E-state index is 0. The van der Waals surface area contributed by atoms with E-state index in [0.717, 1.165) is 23.5 Å². The monoisotopic (exact) mass is 431 g/mol. The van der Waals surface area contributed by atoms with Gasteiger partial charge in [0.1, 0.15) is 19.1 Å². The number of benzene rings is 2. The molecule has 2 N–H and O–H groups in total. The summed E-state index contributed by atoms with van der Waals surface area (Å²) in [4.78, 5) is 27.4. The maximum Gasteiger partial charge on any atom is 0.239 e. The van der Waals surface area contributed by atoms with Crippen LogP contribution in [-0.2, 0) is 16.1 Å². The predicted molar refractivity (Wildman–Crippen MR) is 118 cm³/mol. The normalized spacial score (nSPS) is 17.4. The highest BCUT2D eigenvalue weighted by atomic mass is 35.5. The Balaban J connectivity index is 0.00000256. The molecule has 0 saturated carbocycles. The first-order valence-corrected chi connectivity index (χ1v) is 9.98. The summed E-state index contributed by atoms with van der Waals surface area (Å²) in [6.45, 7) is 5.04. The lowest BCUT2D eigenvalue weighted by atomic mass is 10.1. The zero-order valence-corrected chi connectivity index (χ0v) is 17.7. The van der Waals surface area contributed by atoms with Gasteiger partial charge in [0.2, 0.25) is 11.8 Å². The van der Waals surface area contributed by atoms with Crippen molar-refractivity contribution in [1.82, 2.24) is 5.32 Å². The zero-order chi connectivity index (χ0) is 20.2. The summed E-state index contributed by atoms with van der Waals surface area (Å²) >= 11 is 0. The molecule has 7 nitrogen and oxygen atoms in total. The van der Waals surface area contributed by atoms with Crippen molar-refractivity contribution in [2.45, 2.75) is 19.9 Å². The average molecular weight is 432 g/mol. The van der Waals surface area contributed by atoms with Crippen LogP contribution in [-0.4, -0.2) is 38.1 Å². The van der Waals surface area contributed by atoms with E-state index in [1.807, 2.05) is 43.3 Å². The Morgan fingerprint density at radius 1 is 1.13 bits per heavy atom. The van der Waals surface area contributed by atoms with E-state index in [9.17, 15) is 9.59 Å². The zero-order valence-electron chi connectivity index (χ0n) is 16.8. The fourth-order valence-corrected chi connectivity index (χ4v) is 3.66. The van der Waals surface area contributed by atoms with E-state index in [4.69, 9.17) is 9.47 Å². The van der Waals surface area contributed by atoms with Crippen LogP contribution in [0.1, 0.15) is 18.9 Å². The number of nitrogens with one attached hydrogen (secondary N) is 2. The van der Waals surface area contributed by atoms with Gasteiger partial charge in [0.15, 0.2) is 11.5 Å². The van der Waals surface area contributed by atoms with Gasteiger partial charge in [-0.05, 0) is 36.7 Å². The summed E-state index contributed by atoms with van der Waals surface area (Å²) in [5.41, 5.74) is 2.46. The third-order valence-electron chi connectivity index (χ3n) is 5.20. The molecule has 0 spiro atoms. The number of anilines is 2. The highest BCUT2D eigenvalue weighted by Crippen LogP contribution is 2.36. The van der Waals surface area contributed by atoms with Crippen molar-refractivity contribution < 1.29 is 19.1 Å². The van der Waals surface area contributed by atoms with Crippen LogP contribution < -0.4 is 25.0 Å². The van der Waals surface area contributed by atoms with Crippen LogP contribution >= 0.6 is 12.4 Å². The van der Waals surface area contributed by atoms with E-state index in [1.165, 1.54) is 0 Å². The first-order chi connectivity index (χ1) is 14.2. The third kappa shape index (κ3) is 4.52. The van der Waals surface area contributed by atoms with Gasteiger partial charge >= 0.3 is 0 Å². The molecule has 1 saturated heterocycles. The minimum atomic E-state index is -0.699. The Bertz CT molecular complexity index is 921. The molecule has 1 atom stereocenters. The topological polar surface area (TPSA) is 79.9 Å². The van der Waals surface area contributed by atoms with Crippen molar-refractivity contribution in [3.63, 3.8) is 0 Å². The lowest BCUT2D eigenvalue weighted by Gasteiger charge is -2.22. The molecule has 160 valence electrons. The van der Waals surface area contributed by atoms with Gasteiger partial charge in [-0.25, -0.2) is 0 Å². The molecule has 4 rings (SSSR count). The Morgan fingerprint density at radius 3 is 2.70 bits per heavy atom. The molecular formula is C22H26ClN3O4. The van der Waals surface area contributed by atoms with Gasteiger partial charge in [-0.1, -0.05) is 25.1 Å². The summed E-state index contributed by atoms with van der Waals surface area (Å²) in [5.74, 6) is 0.155. The molecule has 2 aromatic rings. The molecule has 2 amide bonds. The van der Waals surface area contributed by atoms with Crippen molar-refractivity contribution in [2.75, 3.05) is 36.5 Å². The second kappa shape index (κ2) is 9.82. The van der Waals surface area contributed by atoms with Crippen molar-refractivity contribution in [1.29, 1.82) is 0 Å². The Labute approximate surface area is 182 Å². The van der Waals surface area contributed by atoms with Crippen molar-refractivity contribution in [3.8, 4) is 11.5 Å². The number of ether oxygens (including phenoxy) is 2. The van der Waals surface area contributed by atoms with Crippen LogP contribution in [0.15, 0.2) is 42.5 Å². The van der Waals surface area contributed by atoms with Crippen LogP contribution in [0.4, 0.5) is 11.4 Å². The van der Waals surface area contributed by atoms with Crippen LogP contribution in [0.3, 0.4) is 0 Å². The van der Waals surface area contributed by atoms with Gasteiger partial charge in [-0.2, -0.15) is 0 Å². The molecule has 2 aliphatic heterocycles. The minimum Gasteiger partial charge on any atom is -0.486 e. The summed E-state index contributed by atoms with van der Waals surface area (Å²) in [6.07, 6.45) is 0.481. The largest absolute Gasteiger partial charge is 0.486 e. The van der Waals surface area contributed by atoms with E-state index in [-0.39, 0.29) is 24.2 Å². The highest BCUT2D eigenvalue weighted by molar-refractivity contribution is 6.13. The number of hydrogen-bond donors (Lipinski definition) is 2. The second-order valence-corrected chi connectivity index (χ2v) is 7.09. The third-order valence-corrected chi connectivity index (χ3v) is 5.20. The van der Waals surface area contributed by atoms with Crippen molar-refractivity contribution in [3.05, 3.63) is 48.0 Å². The van der Waals surface area contributed by atoms with Gasteiger partial charge in [-0.3, -0.25) is 9.59 Å². The second-order valence-electron chi connectivity index (χ2n) is 7.09. The van der Waals surface area contributed by atoms with Crippen LogP contribution in [0.25, 0.3) is 0 Å². The fraction of sp³-hybridized carbons (Fsp3) is 0.364. The summed E-state index contributed by atoms with van der Waals surface area (Å²) in [5, 5.41) is 6.20. The van der Waals surface area contributed by atoms with E-state index in [0.29, 0.717) is 44.2 Å². The number of halogens is 1. The van der Waals surface area contributed by atoms with E-state index in [1.54, 1.807) is 11.0 Å². The molecule has 1 unspecified atom stereocenters. The molecule has 8 heteroatoms. The molecular weight excluding hydrogens is 406 g/mol. The van der Waals surface area contributed by atoms with Gasteiger partial charge in [0, 0.05) is 30.5 Å². The molecule has 2 heterocycles. The Morgan fingerprint density at radius 2 is 1.90 bits per heavy atom. The quantitative estimate of drug-likeness (QED) is 0.687. The molecule has 0 radical (unpaired) electrons. The predicted octanol–water partition coefficient (Wildman–Crippen LogP) is 2.98. The Hall–Kier alpha value is -2.77. The first kappa shape index (κ1) is 21.9. The van der Waals surface area contributed by atoms with E-state index >= 15 is 0 Å². The molecule has 0 bridgehead atoms. The smallest absolute Gasteiger partial charge is 0.239 e. The molecule has 30 heavy (non-hydrogen) atoms. The van der Waals surface area contributed by atoms with E-state index in [2.05, 4.69) is 10.6 Å². The number of para-hydroxylation sites is 1. The lowest BCUT2D eigenvalue weighted by molar-refractivity contribution is -0.129. The molecule has 2 aliphatic rings. The number of fused-ring (bicyclic) bond motifs is 1. The number of rotatable bonds is 6. The summed E-state index contributed by atoms with van der Waals surface area (Å²) in [6, 6.07) is 13.1. The van der Waals surface area contributed by atoms with Gasteiger partial charge in [0.05, 0.1) is 0 Å². The number of carbonyl (C=O) groups excluding carboxylic acids is 2. The Kier molecular flexibility index (Phi) is 7.18. The maximum atomic E-state index is 12.9. The fourth-order valence-electron chi connectivity index (χ4n) is 3.66. The van der Waals surface area contributed by atoms with Crippen molar-refractivity contribution in [2.24, 2.45) is 5.92 Å². The van der Waals surface area contributed by atoms with Crippen LogP contribution in [0.5, 0.6) is 11.5 Å². The molecule has 1 fully saturated rings. The van der Waals surface area contributed by atoms with Gasteiger partial charge in [0.25, 0.3) is 0 Å². The standard InChI is InChI=1S/C22H25N3O4.ClH/c1-2-23-14-15-5-3-4-6-18(15)24-21(26)17-9-10-25(22(17)27)16-7-8-19-20(13-16)29-12-11-28-19;/h3-8,13,17,23H,2,9-12,14H2,1H3,(H,24,26);1H. The van der Waals surface area contributed by atoms with Crippen LogP contribution in [0.2, 0.25) is 0 Å². The lowest BCUT2D eigenvalue weighted by Crippen LogP contribution is -2.33. The summed E-state index contributed by atoms with van der Waals surface area (Å²) < 4.78 is 11.1. The average Bonchev–Trinajstić information content (AvgIpc) is 3.14. The SMILES string of the molecule is CCNCc1ccccc1NC(=O)C1CCN(c2ccc3c(c2)OCCO3)C1=O.Cl. The first-order valence-electron chi connectivity index (χ1n) is 9.98. The molecule has 0 aliphatic carbocycles. The number of nitrogens with zero attached hydrogens (tertiary/aromatic N) is 1. The maximum absolute atomic E-state index is 12.9. The van der Waals surface area contributed by atoms with Gasteiger partial charge < -0.3 is 25.0 Å². The summed E-state index contributed by atoms with van der Waals surface area (Å²) in [7, 11) is 0. The molecule has 2 aromatic carbocycles. The molecule has 0 aromatic heterocycles. The van der Waals surface area contributed by atoms with Gasteiger partial charge in [-0.15, -0.1) is 12.4 Å².